The predicted molar refractivity (Wildman–Crippen MR) is 37.9 cm³/mol. The van der Waals surface area contributed by atoms with Crippen LogP contribution in [0.4, 0.5) is 0 Å². The summed E-state index contributed by atoms with van der Waals surface area (Å²) in [6, 6.07) is 0. The molecule has 0 aliphatic heterocycles. The molecule has 0 unspecified atom stereocenters. The van der Waals surface area contributed by atoms with E-state index in [1.54, 1.807) is 0 Å². The molecule has 1 aromatic heterocycles. The maximum Gasteiger partial charge on any atom is 0.229 e. The van der Waals surface area contributed by atoms with Crippen LogP contribution in [0.1, 0.15) is 31.5 Å². The van der Waals surface area contributed by atoms with E-state index < -0.39 is 0 Å². The van der Waals surface area contributed by atoms with Crippen LogP contribution in [0.15, 0.2) is 4.52 Å². The molecule has 3 nitrogen and oxygen atoms in total. The summed E-state index contributed by atoms with van der Waals surface area (Å²) in [6.45, 7) is 3.98. The second-order valence-electron chi connectivity index (χ2n) is 2.34. The molecule has 0 atom stereocenters. The van der Waals surface area contributed by atoms with Gasteiger partial charge in [-0.1, -0.05) is 19.0 Å². The van der Waals surface area contributed by atoms with E-state index in [-0.39, 0.29) is 5.92 Å². The van der Waals surface area contributed by atoms with Gasteiger partial charge in [0.05, 0.1) is 5.88 Å². The lowest BCUT2D eigenvalue weighted by atomic mass is 10.2. The van der Waals surface area contributed by atoms with Crippen LogP contribution in [0.25, 0.3) is 0 Å². The summed E-state index contributed by atoms with van der Waals surface area (Å²) >= 11 is 5.46. The van der Waals surface area contributed by atoms with Gasteiger partial charge in [0.1, 0.15) is 0 Å². The van der Waals surface area contributed by atoms with Crippen molar-refractivity contribution in [1.82, 2.24) is 10.1 Å². The molecular formula is C6H9ClN2O. The van der Waals surface area contributed by atoms with Crippen molar-refractivity contribution in [3.8, 4) is 0 Å². The summed E-state index contributed by atoms with van der Waals surface area (Å²) in [6.07, 6.45) is 0. The molecule has 0 spiro atoms. The van der Waals surface area contributed by atoms with Gasteiger partial charge >= 0.3 is 0 Å². The highest BCUT2D eigenvalue weighted by molar-refractivity contribution is 6.16. The Hall–Kier alpha value is -0.570. The Morgan fingerprint density at radius 3 is 2.60 bits per heavy atom. The molecule has 0 fully saturated rings. The molecule has 0 aromatic carbocycles. The highest BCUT2D eigenvalue weighted by Gasteiger charge is 2.07. The summed E-state index contributed by atoms with van der Waals surface area (Å²) in [4.78, 5) is 4.02. The quantitative estimate of drug-likeness (QED) is 0.621. The molecule has 1 heterocycles. The normalized spacial score (nSPS) is 10.8. The first-order valence-electron chi connectivity index (χ1n) is 3.12. The van der Waals surface area contributed by atoms with Crippen molar-refractivity contribution in [3.05, 3.63) is 11.7 Å². The van der Waals surface area contributed by atoms with Crippen molar-refractivity contribution in [3.63, 3.8) is 0 Å². The van der Waals surface area contributed by atoms with Gasteiger partial charge in [-0.3, -0.25) is 0 Å². The minimum absolute atomic E-state index is 0.282. The fourth-order valence-electron chi connectivity index (χ4n) is 0.556. The standard InChI is InChI=1S/C6H9ClN2O/c1-4(2)6-8-5(3-7)9-10-6/h4H,3H2,1-2H3. The highest BCUT2D eigenvalue weighted by atomic mass is 35.5. The molecule has 0 saturated carbocycles. The largest absolute Gasteiger partial charge is 0.339 e. The van der Waals surface area contributed by atoms with E-state index in [4.69, 9.17) is 16.1 Å². The predicted octanol–water partition coefficient (Wildman–Crippen LogP) is 1.93. The van der Waals surface area contributed by atoms with Gasteiger partial charge in [0, 0.05) is 5.92 Å². The van der Waals surface area contributed by atoms with Crippen LogP contribution < -0.4 is 0 Å². The van der Waals surface area contributed by atoms with E-state index in [1.165, 1.54) is 0 Å². The summed E-state index contributed by atoms with van der Waals surface area (Å²) in [5.41, 5.74) is 0. The van der Waals surface area contributed by atoms with Crippen LogP contribution in [-0.4, -0.2) is 10.1 Å². The van der Waals surface area contributed by atoms with Crippen molar-refractivity contribution in [2.45, 2.75) is 25.6 Å². The van der Waals surface area contributed by atoms with E-state index in [2.05, 4.69) is 10.1 Å². The lowest BCUT2D eigenvalue weighted by molar-refractivity contribution is 0.362. The van der Waals surface area contributed by atoms with E-state index in [0.717, 1.165) is 0 Å². The van der Waals surface area contributed by atoms with Gasteiger partial charge in [0.15, 0.2) is 5.82 Å². The minimum atomic E-state index is 0.282. The smallest absolute Gasteiger partial charge is 0.229 e. The number of hydrogen-bond acceptors (Lipinski definition) is 3. The molecule has 0 radical (unpaired) electrons. The first-order valence-corrected chi connectivity index (χ1v) is 3.66. The first kappa shape index (κ1) is 7.54. The summed E-state index contributed by atoms with van der Waals surface area (Å²) in [5, 5.41) is 3.64. The van der Waals surface area contributed by atoms with Crippen LogP contribution in [0, 0.1) is 0 Å². The Morgan fingerprint density at radius 1 is 1.60 bits per heavy atom. The Bertz CT molecular complexity index is 209. The van der Waals surface area contributed by atoms with E-state index in [1.807, 2.05) is 13.8 Å². The summed E-state index contributed by atoms with van der Waals surface area (Å²) in [7, 11) is 0. The van der Waals surface area contributed by atoms with Gasteiger partial charge in [-0.05, 0) is 0 Å². The Labute approximate surface area is 64.4 Å². The number of hydrogen-bond donors (Lipinski definition) is 0. The molecule has 1 rings (SSSR count). The van der Waals surface area contributed by atoms with Crippen molar-refractivity contribution >= 4 is 11.6 Å². The molecular weight excluding hydrogens is 152 g/mol. The fraction of sp³-hybridized carbons (Fsp3) is 0.667. The average molecular weight is 161 g/mol. The number of alkyl halides is 1. The van der Waals surface area contributed by atoms with Crippen LogP contribution in [-0.2, 0) is 5.88 Å². The minimum Gasteiger partial charge on any atom is -0.339 e. The van der Waals surface area contributed by atoms with Crippen LogP contribution in [0.5, 0.6) is 0 Å². The molecule has 4 heteroatoms. The Kier molecular flexibility index (Phi) is 2.27. The monoisotopic (exact) mass is 160 g/mol. The molecule has 10 heavy (non-hydrogen) atoms. The van der Waals surface area contributed by atoms with E-state index in [9.17, 15) is 0 Å². The zero-order valence-corrected chi connectivity index (χ0v) is 6.72. The maximum absolute atomic E-state index is 5.46. The topological polar surface area (TPSA) is 38.9 Å². The fourth-order valence-corrected chi connectivity index (χ4v) is 0.665. The van der Waals surface area contributed by atoms with Crippen molar-refractivity contribution in [1.29, 1.82) is 0 Å². The number of nitrogens with zero attached hydrogens (tertiary/aromatic N) is 2. The highest BCUT2D eigenvalue weighted by Crippen LogP contribution is 2.11. The van der Waals surface area contributed by atoms with Crippen molar-refractivity contribution in [2.24, 2.45) is 0 Å². The van der Waals surface area contributed by atoms with Crippen LogP contribution >= 0.6 is 11.6 Å². The van der Waals surface area contributed by atoms with Crippen molar-refractivity contribution < 1.29 is 4.52 Å². The van der Waals surface area contributed by atoms with Gasteiger partial charge in [-0.25, -0.2) is 0 Å². The molecule has 1 aromatic rings. The number of aromatic nitrogens is 2. The Morgan fingerprint density at radius 2 is 2.30 bits per heavy atom. The molecule has 0 aliphatic carbocycles. The molecule has 0 saturated heterocycles. The maximum atomic E-state index is 5.46. The lowest BCUT2D eigenvalue weighted by Crippen LogP contribution is -1.86. The van der Waals surface area contributed by atoms with Gasteiger partial charge < -0.3 is 4.52 Å². The molecule has 0 N–H and O–H groups in total. The molecule has 0 aliphatic rings. The van der Waals surface area contributed by atoms with Gasteiger partial charge in [-0.15, -0.1) is 11.6 Å². The van der Waals surface area contributed by atoms with E-state index >= 15 is 0 Å². The second kappa shape index (κ2) is 3.01. The molecule has 0 amide bonds. The number of rotatable bonds is 2. The second-order valence-corrected chi connectivity index (χ2v) is 2.60. The summed E-state index contributed by atoms with van der Waals surface area (Å²) in [5.74, 6) is 1.81. The van der Waals surface area contributed by atoms with Gasteiger partial charge in [0.25, 0.3) is 0 Å². The van der Waals surface area contributed by atoms with Crippen LogP contribution in [0.3, 0.4) is 0 Å². The lowest BCUT2D eigenvalue weighted by Gasteiger charge is -1.91. The number of halogens is 1. The van der Waals surface area contributed by atoms with Crippen LogP contribution in [0.2, 0.25) is 0 Å². The average Bonchev–Trinajstić information content (AvgIpc) is 2.34. The molecule has 0 bridgehead atoms. The zero-order chi connectivity index (χ0) is 7.56. The van der Waals surface area contributed by atoms with E-state index in [0.29, 0.717) is 17.6 Å². The third-order valence-corrected chi connectivity index (χ3v) is 1.34. The third kappa shape index (κ3) is 1.48. The van der Waals surface area contributed by atoms with Crippen molar-refractivity contribution in [2.75, 3.05) is 0 Å². The SMILES string of the molecule is CC(C)c1nc(CCl)no1. The first-order chi connectivity index (χ1) is 4.74. The molecule has 56 valence electrons. The summed E-state index contributed by atoms with van der Waals surface area (Å²) < 4.78 is 4.87. The van der Waals surface area contributed by atoms with Gasteiger partial charge in [0.2, 0.25) is 5.89 Å². The third-order valence-electron chi connectivity index (χ3n) is 1.10. The Balaban J connectivity index is 2.78. The van der Waals surface area contributed by atoms with Gasteiger partial charge in [-0.2, -0.15) is 4.98 Å². The zero-order valence-electron chi connectivity index (χ0n) is 5.97.